The number of halogens is 1. The second-order valence-corrected chi connectivity index (χ2v) is 5.98. The van der Waals surface area contributed by atoms with Crippen molar-refractivity contribution in [3.8, 4) is 0 Å². The number of anilines is 1. The standard InChI is InChI=1S/C16H15BrN2O/c1-10-2-8-13(9-3-10)19-15(14(18)16(19)20)11-4-6-12(17)7-5-11/h2-9,14-15H,18H2,1H3/t14-,15-/m0/s1. The Morgan fingerprint density at radius 1 is 1.05 bits per heavy atom. The van der Waals surface area contributed by atoms with Gasteiger partial charge in [-0.3, -0.25) is 4.79 Å². The van der Waals surface area contributed by atoms with Gasteiger partial charge in [-0.05, 0) is 36.8 Å². The van der Waals surface area contributed by atoms with E-state index < -0.39 is 6.04 Å². The maximum atomic E-state index is 12.1. The SMILES string of the molecule is Cc1ccc(N2C(=O)[C@@H](N)[C@@H]2c2ccc(Br)cc2)cc1. The summed E-state index contributed by atoms with van der Waals surface area (Å²) in [5.74, 6) is -0.0261. The van der Waals surface area contributed by atoms with Crippen LogP contribution in [0.2, 0.25) is 0 Å². The largest absolute Gasteiger partial charge is 0.318 e. The smallest absolute Gasteiger partial charge is 0.247 e. The molecule has 0 saturated carbocycles. The molecule has 0 unspecified atom stereocenters. The molecule has 0 radical (unpaired) electrons. The lowest BCUT2D eigenvalue weighted by molar-refractivity contribution is -0.126. The number of carbonyl (C=O) groups excluding carboxylic acids is 1. The van der Waals surface area contributed by atoms with Gasteiger partial charge in [-0.15, -0.1) is 0 Å². The molecule has 0 bridgehead atoms. The summed E-state index contributed by atoms with van der Waals surface area (Å²) >= 11 is 3.42. The Bertz CT molecular complexity index is 637. The third kappa shape index (κ3) is 2.15. The molecule has 4 heteroatoms. The number of hydrogen-bond acceptors (Lipinski definition) is 2. The zero-order valence-electron chi connectivity index (χ0n) is 11.1. The van der Waals surface area contributed by atoms with Gasteiger partial charge in [0, 0.05) is 10.2 Å². The minimum atomic E-state index is -0.461. The van der Waals surface area contributed by atoms with Crippen molar-refractivity contribution in [2.75, 3.05) is 4.90 Å². The van der Waals surface area contributed by atoms with Crippen LogP contribution in [0.3, 0.4) is 0 Å². The zero-order chi connectivity index (χ0) is 14.3. The van der Waals surface area contributed by atoms with Crippen molar-refractivity contribution in [1.82, 2.24) is 0 Å². The highest BCUT2D eigenvalue weighted by atomic mass is 79.9. The first-order valence-electron chi connectivity index (χ1n) is 6.49. The van der Waals surface area contributed by atoms with Crippen molar-refractivity contribution in [2.45, 2.75) is 19.0 Å². The van der Waals surface area contributed by atoms with E-state index in [2.05, 4.69) is 15.9 Å². The van der Waals surface area contributed by atoms with Gasteiger partial charge in [-0.25, -0.2) is 0 Å². The van der Waals surface area contributed by atoms with Crippen LogP contribution in [0, 0.1) is 6.92 Å². The molecule has 3 rings (SSSR count). The molecule has 2 aromatic rings. The summed E-state index contributed by atoms with van der Waals surface area (Å²) in [7, 11) is 0. The van der Waals surface area contributed by atoms with Crippen LogP contribution in [0.25, 0.3) is 0 Å². The topological polar surface area (TPSA) is 46.3 Å². The number of benzene rings is 2. The fourth-order valence-corrected chi connectivity index (χ4v) is 2.79. The molecule has 2 aromatic carbocycles. The first-order chi connectivity index (χ1) is 9.58. The fraction of sp³-hybridized carbons (Fsp3) is 0.188. The number of rotatable bonds is 2. The molecule has 2 N–H and O–H groups in total. The monoisotopic (exact) mass is 330 g/mol. The summed E-state index contributed by atoms with van der Waals surface area (Å²) in [4.78, 5) is 13.9. The van der Waals surface area contributed by atoms with Gasteiger partial charge < -0.3 is 10.6 Å². The van der Waals surface area contributed by atoms with Gasteiger partial charge in [-0.1, -0.05) is 45.8 Å². The molecular formula is C16H15BrN2O. The first-order valence-corrected chi connectivity index (χ1v) is 7.28. The quantitative estimate of drug-likeness (QED) is 0.859. The molecule has 0 spiro atoms. The molecule has 1 aliphatic heterocycles. The molecule has 3 nitrogen and oxygen atoms in total. The van der Waals surface area contributed by atoms with E-state index in [-0.39, 0.29) is 11.9 Å². The van der Waals surface area contributed by atoms with Crippen LogP contribution < -0.4 is 10.6 Å². The summed E-state index contributed by atoms with van der Waals surface area (Å²) in [6.45, 7) is 2.03. The van der Waals surface area contributed by atoms with Gasteiger partial charge in [0.25, 0.3) is 0 Å². The van der Waals surface area contributed by atoms with Gasteiger partial charge in [0.05, 0.1) is 6.04 Å². The molecule has 0 aliphatic carbocycles. The zero-order valence-corrected chi connectivity index (χ0v) is 12.7. The van der Waals surface area contributed by atoms with E-state index in [1.54, 1.807) is 4.90 Å². The van der Waals surface area contributed by atoms with E-state index in [9.17, 15) is 4.79 Å². The molecule has 1 heterocycles. The van der Waals surface area contributed by atoms with Crippen LogP contribution in [-0.4, -0.2) is 11.9 Å². The summed E-state index contributed by atoms with van der Waals surface area (Å²) in [6, 6.07) is 15.3. The molecule has 20 heavy (non-hydrogen) atoms. The number of nitrogens with two attached hydrogens (primary N) is 1. The van der Waals surface area contributed by atoms with Crippen molar-refractivity contribution < 1.29 is 4.79 Å². The molecule has 2 atom stereocenters. The Hall–Kier alpha value is -1.65. The minimum absolute atomic E-state index is 0.0261. The predicted octanol–water partition coefficient (Wildman–Crippen LogP) is 3.17. The van der Waals surface area contributed by atoms with Crippen molar-refractivity contribution in [2.24, 2.45) is 5.73 Å². The number of nitrogens with zero attached hydrogens (tertiary/aromatic N) is 1. The number of amides is 1. The van der Waals surface area contributed by atoms with Crippen LogP contribution in [-0.2, 0) is 4.79 Å². The lowest BCUT2D eigenvalue weighted by atomic mass is 9.88. The van der Waals surface area contributed by atoms with Crippen molar-refractivity contribution in [3.63, 3.8) is 0 Å². The van der Waals surface area contributed by atoms with Crippen LogP contribution in [0.4, 0.5) is 5.69 Å². The van der Waals surface area contributed by atoms with E-state index in [1.165, 1.54) is 5.56 Å². The Balaban J connectivity index is 1.95. The molecule has 0 aromatic heterocycles. The van der Waals surface area contributed by atoms with Crippen LogP contribution in [0.1, 0.15) is 17.2 Å². The maximum absolute atomic E-state index is 12.1. The maximum Gasteiger partial charge on any atom is 0.247 e. The van der Waals surface area contributed by atoms with Gasteiger partial charge >= 0.3 is 0 Å². The van der Waals surface area contributed by atoms with Gasteiger partial charge in [-0.2, -0.15) is 0 Å². The number of β-lactam (4-membered cyclic amide) rings is 1. The lowest BCUT2D eigenvalue weighted by Crippen LogP contribution is -2.63. The number of aryl methyl sites for hydroxylation is 1. The fourth-order valence-electron chi connectivity index (χ4n) is 2.52. The minimum Gasteiger partial charge on any atom is -0.318 e. The lowest BCUT2D eigenvalue weighted by Gasteiger charge is -2.45. The third-order valence-corrected chi connectivity index (χ3v) is 4.19. The van der Waals surface area contributed by atoms with E-state index >= 15 is 0 Å². The van der Waals surface area contributed by atoms with Crippen molar-refractivity contribution >= 4 is 27.5 Å². The number of carbonyl (C=O) groups is 1. The number of hydrogen-bond donors (Lipinski definition) is 1. The third-order valence-electron chi connectivity index (χ3n) is 3.66. The van der Waals surface area contributed by atoms with Crippen molar-refractivity contribution in [1.29, 1.82) is 0 Å². The first kappa shape index (κ1) is 13.3. The van der Waals surface area contributed by atoms with E-state index in [1.807, 2.05) is 55.5 Å². The second-order valence-electron chi connectivity index (χ2n) is 5.07. The Labute approximate surface area is 126 Å². The molecule has 102 valence electrons. The van der Waals surface area contributed by atoms with Crippen molar-refractivity contribution in [3.05, 3.63) is 64.1 Å². The van der Waals surface area contributed by atoms with E-state index in [0.29, 0.717) is 0 Å². The van der Waals surface area contributed by atoms with Crippen LogP contribution >= 0.6 is 15.9 Å². The van der Waals surface area contributed by atoms with E-state index in [0.717, 1.165) is 15.7 Å². The summed E-state index contributed by atoms with van der Waals surface area (Å²) in [5.41, 5.74) is 9.12. The average molecular weight is 331 g/mol. The highest BCUT2D eigenvalue weighted by Gasteiger charge is 2.46. The van der Waals surface area contributed by atoms with E-state index in [4.69, 9.17) is 5.73 Å². The van der Waals surface area contributed by atoms with Gasteiger partial charge in [0.15, 0.2) is 0 Å². The van der Waals surface area contributed by atoms with Crippen LogP contribution in [0.5, 0.6) is 0 Å². The molecule has 1 saturated heterocycles. The highest BCUT2D eigenvalue weighted by molar-refractivity contribution is 9.10. The predicted molar refractivity (Wildman–Crippen MR) is 83.5 cm³/mol. The summed E-state index contributed by atoms with van der Waals surface area (Å²) in [5, 5.41) is 0. The second kappa shape index (κ2) is 5.04. The van der Waals surface area contributed by atoms with Gasteiger partial charge in [0.2, 0.25) is 5.91 Å². The Morgan fingerprint density at radius 3 is 2.25 bits per heavy atom. The normalized spacial score (nSPS) is 21.8. The molecule has 1 fully saturated rings. The summed E-state index contributed by atoms with van der Waals surface area (Å²) < 4.78 is 1.02. The average Bonchev–Trinajstić information content (AvgIpc) is 2.46. The molecule has 1 amide bonds. The highest BCUT2D eigenvalue weighted by Crippen LogP contribution is 2.38. The van der Waals surface area contributed by atoms with Gasteiger partial charge in [0.1, 0.15) is 6.04 Å². The van der Waals surface area contributed by atoms with Crippen LogP contribution in [0.15, 0.2) is 53.0 Å². The Morgan fingerprint density at radius 2 is 1.65 bits per heavy atom. The molecular weight excluding hydrogens is 316 g/mol. The summed E-state index contributed by atoms with van der Waals surface area (Å²) in [6.07, 6.45) is 0. The Kier molecular flexibility index (Phi) is 3.36. The molecule has 1 aliphatic rings.